The van der Waals surface area contributed by atoms with Crippen molar-refractivity contribution in [2.75, 3.05) is 31.5 Å². The fraction of sp³-hybridized carbons (Fsp3) is 0.450. The number of carbonyl (C=O) groups is 1. The van der Waals surface area contributed by atoms with Crippen LogP contribution in [0.5, 0.6) is 0 Å². The fourth-order valence-electron chi connectivity index (χ4n) is 3.56. The Morgan fingerprint density at radius 2 is 2.00 bits per heavy atom. The number of carbonyl (C=O) groups excluding carboxylic acids is 1. The maximum absolute atomic E-state index is 12.8. The van der Waals surface area contributed by atoms with Crippen LogP contribution in [0.4, 0.5) is 24.5 Å². The molecule has 2 heterocycles. The van der Waals surface area contributed by atoms with Gasteiger partial charge in [-0.2, -0.15) is 13.2 Å². The summed E-state index contributed by atoms with van der Waals surface area (Å²) in [5, 5.41) is 18.7. The van der Waals surface area contributed by atoms with Gasteiger partial charge in [0, 0.05) is 30.5 Å². The number of halogens is 3. The molecule has 1 fully saturated rings. The summed E-state index contributed by atoms with van der Waals surface area (Å²) in [5.41, 5.74) is -1.83. The fourth-order valence-corrected chi connectivity index (χ4v) is 4.42. The maximum atomic E-state index is 12.8. The minimum absolute atomic E-state index is 0.0370. The van der Waals surface area contributed by atoms with E-state index in [4.69, 9.17) is 0 Å². The van der Waals surface area contributed by atoms with Gasteiger partial charge in [-0.15, -0.1) is 11.3 Å². The van der Waals surface area contributed by atoms with Gasteiger partial charge in [-0.1, -0.05) is 6.07 Å². The minimum atomic E-state index is -4.67. The molecule has 3 rings (SSSR count). The van der Waals surface area contributed by atoms with E-state index in [1.807, 2.05) is 17.5 Å². The smallest absolute Gasteiger partial charge is 0.379 e. The summed E-state index contributed by atoms with van der Waals surface area (Å²) in [4.78, 5) is 26.1. The van der Waals surface area contributed by atoms with Crippen LogP contribution in [0.3, 0.4) is 0 Å². The zero-order valence-electron chi connectivity index (χ0n) is 16.7. The maximum Gasteiger partial charge on any atom is 0.416 e. The molecule has 11 heteroatoms. The van der Waals surface area contributed by atoms with Crippen LogP contribution in [0.1, 0.15) is 35.7 Å². The van der Waals surface area contributed by atoms with Gasteiger partial charge in [-0.05, 0) is 49.5 Å². The van der Waals surface area contributed by atoms with Gasteiger partial charge in [0.25, 0.3) is 5.69 Å². The largest absolute Gasteiger partial charge is 0.416 e. The van der Waals surface area contributed by atoms with E-state index in [9.17, 15) is 28.1 Å². The van der Waals surface area contributed by atoms with Gasteiger partial charge < -0.3 is 10.6 Å². The Balaban J connectivity index is 1.53. The van der Waals surface area contributed by atoms with Crippen LogP contribution in [0.2, 0.25) is 0 Å². The topological polar surface area (TPSA) is 87.5 Å². The zero-order valence-corrected chi connectivity index (χ0v) is 17.5. The Morgan fingerprint density at radius 1 is 1.26 bits per heavy atom. The lowest BCUT2D eigenvalue weighted by molar-refractivity contribution is -0.384. The van der Waals surface area contributed by atoms with Crippen molar-refractivity contribution in [1.29, 1.82) is 0 Å². The van der Waals surface area contributed by atoms with E-state index < -0.39 is 22.4 Å². The number of nitro benzene ring substituents is 1. The molecule has 0 spiro atoms. The molecule has 1 aromatic heterocycles. The summed E-state index contributed by atoms with van der Waals surface area (Å²) in [7, 11) is 0. The molecule has 0 saturated carbocycles. The molecule has 1 aromatic carbocycles. The molecule has 1 saturated heterocycles. The first-order chi connectivity index (χ1) is 14.8. The molecule has 168 valence electrons. The Hall–Kier alpha value is -2.66. The molecular weight excluding hydrogens is 433 g/mol. The summed E-state index contributed by atoms with van der Waals surface area (Å²) < 4.78 is 38.4. The zero-order chi connectivity index (χ0) is 22.4. The third-order valence-electron chi connectivity index (χ3n) is 5.13. The second kappa shape index (κ2) is 10.1. The lowest BCUT2D eigenvalue weighted by Gasteiger charge is -2.27. The average molecular weight is 456 g/mol. The van der Waals surface area contributed by atoms with Crippen LogP contribution in [-0.2, 0) is 11.0 Å². The molecule has 1 aliphatic rings. The molecule has 0 radical (unpaired) electrons. The number of nitrogens with zero attached hydrogens (tertiary/aromatic N) is 2. The van der Waals surface area contributed by atoms with Gasteiger partial charge in [0.2, 0.25) is 5.91 Å². The van der Waals surface area contributed by atoms with Crippen LogP contribution >= 0.6 is 11.3 Å². The Morgan fingerprint density at radius 3 is 2.61 bits per heavy atom. The summed E-state index contributed by atoms with van der Waals surface area (Å²) in [6.07, 6.45) is -2.37. The van der Waals surface area contributed by atoms with Crippen LogP contribution in [0.15, 0.2) is 35.7 Å². The SMILES string of the molecule is O=C(CCNc1ccc(C(F)(F)F)cc1[N+](=O)[O-])NCC(c1cccs1)N1CCCC1. The quantitative estimate of drug-likeness (QED) is 0.431. The predicted octanol–water partition coefficient (Wildman–Crippen LogP) is 4.43. The van der Waals surface area contributed by atoms with E-state index in [2.05, 4.69) is 15.5 Å². The highest BCUT2D eigenvalue weighted by molar-refractivity contribution is 7.10. The van der Waals surface area contributed by atoms with E-state index in [-0.39, 0.29) is 30.6 Å². The lowest BCUT2D eigenvalue weighted by atomic mass is 10.1. The number of amides is 1. The molecule has 31 heavy (non-hydrogen) atoms. The van der Waals surface area contributed by atoms with Crippen molar-refractivity contribution in [2.24, 2.45) is 0 Å². The van der Waals surface area contributed by atoms with Crippen molar-refractivity contribution in [3.05, 3.63) is 56.3 Å². The van der Waals surface area contributed by atoms with Gasteiger partial charge >= 0.3 is 6.18 Å². The predicted molar refractivity (Wildman–Crippen MR) is 112 cm³/mol. The van der Waals surface area contributed by atoms with E-state index in [0.29, 0.717) is 12.6 Å². The molecule has 2 aromatic rings. The van der Waals surface area contributed by atoms with Gasteiger partial charge in [0.1, 0.15) is 5.69 Å². The lowest BCUT2D eigenvalue weighted by Crippen LogP contribution is -2.36. The second-order valence-corrected chi connectivity index (χ2v) is 8.22. The number of hydrogen-bond acceptors (Lipinski definition) is 6. The molecule has 0 aliphatic carbocycles. The first-order valence-corrected chi connectivity index (χ1v) is 10.8. The second-order valence-electron chi connectivity index (χ2n) is 7.24. The summed E-state index contributed by atoms with van der Waals surface area (Å²) >= 11 is 1.64. The van der Waals surface area contributed by atoms with Crippen molar-refractivity contribution in [2.45, 2.75) is 31.5 Å². The van der Waals surface area contributed by atoms with Gasteiger partial charge in [-0.25, -0.2) is 0 Å². The number of hydrogen-bond donors (Lipinski definition) is 2. The van der Waals surface area contributed by atoms with Crippen molar-refractivity contribution >= 4 is 28.6 Å². The van der Waals surface area contributed by atoms with Crippen molar-refractivity contribution < 1.29 is 22.9 Å². The Labute approximate surface area is 181 Å². The number of thiophene rings is 1. The number of nitrogens with one attached hydrogen (secondary N) is 2. The van der Waals surface area contributed by atoms with Crippen LogP contribution in [0, 0.1) is 10.1 Å². The van der Waals surface area contributed by atoms with Gasteiger partial charge in [0.05, 0.1) is 16.5 Å². The molecule has 0 bridgehead atoms. The highest BCUT2D eigenvalue weighted by atomic mass is 32.1. The molecule has 1 unspecified atom stereocenters. The molecule has 7 nitrogen and oxygen atoms in total. The van der Waals surface area contributed by atoms with E-state index >= 15 is 0 Å². The number of anilines is 1. The van der Waals surface area contributed by atoms with Gasteiger partial charge in [-0.3, -0.25) is 19.8 Å². The minimum Gasteiger partial charge on any atom is -0.379 e. The van der Waals surface area contributed by atoms with E-state index in [1.54, 1.807) is 11.3 Å². The summed E-state index contributed by atoms with van der Waals surface area (Å²) in [6, 6.07) is 6.41. The number of alkyl halides is 3. The molecular formula is C20H23F3N4O3S. The molecule has 1 amide bonds. The average Bonchev–Trinajstić information content (AvgIpc) is 3.42. The third-order valence-corrected chi connectivity index (χ3v) is 6.11. The van der Waals surface area contributed by atoms with Crippen molar-refractivity contribution in [1.82, 2.24) is 10.2 Å². The highest BCUT2D eigenvalue weighted by Gasteiger charge is 2.33. The van der Waals surface area contributed by atoms with Crippen molar-refractivity contribution in [3.63, 3.8) is 0 Å². The number of likely N-dealkylation sites (tertiary alicyclic amines) is 1. The number of rotatable bonds is 9. The van der Waals surface area contributed by atoms with Crippen LogP contribution in [0.25, 0.3) is 0 Å². The Bertz CT molecular complexity index is 900. The van der Waals surface area contributed by atoms with Crippen molar-refractivity contribution in [3.8, 4) is 0 Å². The van der Waals surface area contributed by atoms with Crippen LogP contribution in [-0.4, -0.2) is 41.9 Å². The van der Waals surface area contributed by atoms with E-state index in [0.717, 1.165) is 38.1 Å². The van der Waals surface area contributed by atoms with Crippen LogP contribution < -0.4 is 10.6 Å². The standard InChI is InChI=1S/C20H23F3N4O3S/c21-20(22,23)14-5-6-15(16(12-14)27(29)30)24-8-7-19(28)25-13-17(18-4-3-11-31-18)26-9-1-2-10-26/h3-6,11-12,17,24H,1-2,7-10,13H2,(H,25,28). The molecule has 1 atom stereocenters. The monoisotopic (exact) mass is 456 g/mol. The number of nitro groups is 1. The first-order valence-electron chi connectivity index (χ1n) is 9.89. The summed E-state index contributed by atoms with van der Waals surface area (Å²) in [6.45, 7) is 2.49. The molecule has 1 aliphatic heterocycles. The van der Waals surface area contributed by atoms with E-state index in [1.165, 1.54) is 4.88 Å². The van der Waals surface area contributed by atoms with Gasteiger partial charge in [0.15, 0.2) is 0 Å². The third kappa shape index (κ3) is 6.17. The first kappa shape index (κ1) is 23.0. The Kier molecular flexibility index (Phi) is 7.50. The normalized spacial score (nSPS) is 15.6. The highest BCUT2D eigenvalue weighted by Crippen LogP contribution is 2.35. The number of benzene rings is 1. The summed E-state index contributed by atoms with van der Waals surface area (Å²) in [5.74, 6) is -0.234. The molecule has 2 N–H and O–H groups in total.